The lowest BCUT2D eigenvalue weighted by molar-refractivity contribution is -0.0518. The number of ether oxygens (including phenoxy) is 2. The Bertz CT molecular complexity index is 1020. The van der Waals surface area contributed by atoms with E-state index in [-0.39, 0.29) is 12.3 Å². The van der Waals surface area contributed by atoms with Crippen molar-refractivity contribution in [3.63, 3.8) is 0 Å². The third-order valence-corrected chi connectivity index (χ3v) is 6.74. The zero-order valence-corrected chi connectivity index (χ0v) is 19.4. The molecule has 0 bridgehead atoms. The minimum atomic E-state index is -1.21. The molecule has 1 aliphatic carbocycles. The number of carbonyl (C=O) groups excluding carboxylic acids is 1. The van der Waals surface area contributed by atoms with Crippen molar-refractivity contribution in [3.05, 3.63) is 47.3 Å². The van der Waals surface area contributed by atoms with Gasteiger partial charge in [-0.25, -0.2) is 18.6 Å². The molecule has 6 nitrogen and oxygen atoms in total. The maximum Gasteiger partial charge on any atom is 0.413 e. The summed E-state index contributed by atoms with van der Waals surface area (Å²) in [5, 5.41) is 2.98. The fourth-order valence-corrected chi connectivity index (χ4v) is 5.46. The number of aromatic nitrogens is 1. The number of allylic oxidation sites excluding steroid dienone is 3. The summed E-state index contributed by atoms with van der Waals surface area (Å²) in [4.78, 5) is 21.1. The summed E-state index contributed by atoms with van der Waals surface area (Å²) in [7, 11) is 0. The van der Waals surface area contributed by atoms with E-state index < -0.39 is 35.0 Å². The number of halogens is 2. The summed E-state index contributed by atoms with van der Waals surface area (Å²) < 4.78 is 41.4. The van der Waals surface area contributed by atoms with Crippen molar-refractivity contribution < 1.29 is 23.0 Å². The predicted octanol–water partition coefficient (Wildman–Crippen LogP) is 5.30. The van der Waals surface area contributed by atoms with Crippen molar-refractivity contribution in [1.82, 2.24) is 10.3 Å². The lowest BCUT2D eigenvalue weighted by Crippen LogP contribution is -2.49. The van der Waals surface area contributed by atoms with E-state index in [1.165, 1.54) is 11.8 Å². The maximum absolute atomic E-state index is 15.2. The van der Waals surface area contributed by atoms with Gasteiger partial charge in [-0.3, -0.25) is 10.3 Å². The van der Waals surface area contributed by atoms with Crippen LogP contribution >= 0.6 is 11.8 Å². The molecule has 0 saturated carbocycles. The van der Waals surface area contributed by atoms with Crippen molar-refractivity contribution in [2.75, 3.05) is 12.4 Å². The standard InChI is InChI=1S/C23H27F2N3O3S/c1-13-7-14(11-26-10-13)16-8-17(19(25)9-18(16)24)23-15(5-6-30-23)12-32-20(28-23)27-21(29)31-22(2,3)4/h7,9-11,15,17H,5-6,8,12H2,1-4H3,(H,27,28,29)/t15-,17?,23+/m0/s1. The number of nitrogens with one attached hydrogen (secondary N) is 1. The van der Waals surface area contributed by atoms with Crippen LogP contribution < -0.4 is 5.32 Å². The number of fused-ring (bicyclic) bond motifs is 1. The quantitative estimate of drug-likeness (QED) is 0.644. The zero-order valence-electron chi connectivity index (χ0n) is 18.6. The molecule has 1 unspecified atom stereocenters. The Morgan fingerprint density at radius 3 is 2.84 bits per heavy atom. The topological polar surface area (TPSA) is 72.8 Å². The lowest BCUT2D eigenvalue weighted by Gasteiger charge is -2.41. The lowest BCUT2D eigenvalue weighted by atomic mass is 9.77. The van der Waals surface area contributed by atoms with E-state index in [4.69, 9.17) is 14.5 Å². The first-order valence-corrected chi connectivity index (χ1v) is 11.6. The van der Waals surface area contributed by atoms with Crippen LogP contribution in [0, 0.1) is 18.8 Å². The van der Waals surface area contributed by atoms with Crippen LogP contribution in [0.3, 0.4) is 0 Å². The fourth-order valence-electron chi connectivity index (χ4n) is 4.33. The van der Waals surface area contributed by atoms with E-state index in [0.717, 1.165) is 11.6 Å². The molecule has 0 aromatic carbocycles. The van der Waals surface area contributed by atoms with Crippen molar-refractivity contribution in [2.24, 2.45) is 16.8 Å². The van der Waals surface area contributed by atoms with Gasteiger partial charge in [0.05, 0.1) is 12.5 Å². The van der Waals surface area contributed by atoms with Gasteiger partial charge in [0.15, 0.2) is 10.9 Å². The fraction of sp³-hybridized carbons (Fsp3) is 0.522. The maximum atomic E-state index is 15.2. The number of rotatable bonds is 2. The van der Waals surface area contributed by atoms with Gasteiger partial charge in [0, 0.05) is 30.1 Å². The van der Waals surface area contributed by atoms with Gasteiger partial charge in [-0.05, 0) is 63.3 Å². The molecule has 1 saturated heterocycles. The first-order chi connectivity index (χ1) is 15.1. The van der Waals surface area contributed by atoms with Crippen molar-refractivity contribution in [1.29, 1.82) is 0 Å². The van der Waals surface area contributed by atoms with Gasteiger partial charge in [0.25, 0.3) is 0 Å². The number of hydrogen-bond acceptors (Lipinski definition) is 6. The van der Waals surface area contributed by atoms with Crippen LogP contribution in [0.2, 0.25) is 0 Å². The summed E-state index contributed by atoms with van der Waals surface area (Å²) in [5.41, 5.74) is 0.0123. The molecule has 2 aliphatic heterocycles. The van der Waals surface area contributed by atoms with Crippen LogP contribution in [0.15, 0.2) is 41.2 Å². The molecule has 0 radical (unpaired) electrons. The van der Waals surface area contributed by atoms with Crippen LogP contribution in [0.4, 0.5) is 13.6 Å². The van der Waals surface area contributed by atoms with Gasteiger partial charge in [-0.15, -0.1) is 0 Å². The summed E-state index contributed by atoms with van der Waals surface area (Å²) in [5.74, 6) is -1.48. The molecule has 3 atom stereocenters. The van der Waals surface area contributed by atoms with Crippen LogP contribution in [0.5, 0.6) is 0 Å². The number of thioether (sulfide) groups is 1. The highest BCUT2D eigenvalue weighted by molar-refractivity contribution is 8.13. The molecule has 4 rings (SSSR count). The number of hydrogen-bond donors (Lipinski definition) is 1. The van der Waals surface area contributed by atoms with E-state index in [1.54, 1.807) is 33.2 Å². The average Bonchev–Trinajstić information content (AvgIpc) is 3.10. The second-order valence-corrected chi connectivity index (χ2v) is 10.3. The molecule has 1 amide bonds. The summed E-state index contributed by atoms with van der Waals surface area (Å²) >= 11 is 1.38. The molecule has 1 aromatic rings. The summed E-state index contributed by atoms with van der Waals surface area (Å²) in [6.07, 6.45) is 4.36. The van der Waals surface area contributed by atoms with E-state index in [0.29, 0.717) is 35.1 Å². The first-order valence-electron chi connectivity index (χ1n) is 10.6. The molecule has 1 fully saturated rings. The third kappa shape index (κ3) is 4.59. The number of aryl methyl sites for hydroxylation is 1. The highest BCUT2D eigenvalue weighted by Crippen LogP contribution is 2.52. The van der Waals surface area contributed by atoms with Crippen molar-refractivity contribution >= 4 is 28.6 Å². The van der Waals surface area contributed by atoms with Gasteiger partial charge < -0.3 is 9.47 Å². The number of amides is 1. The minimum Gasteiger partial charge on any atom is -0.444 e. The SMILES string of the molecule is Cc1cncc(C2=C(F)C=C(F)C([C@@]34N=C(NC(=O)OC(C)(C)C)SC[C@@H]3CCO4)C2)c1. The Kier molecular flexibility index (Phi) is 6.15. The number of carbonyl (C=O) groups is 1. The Balaban J connectivity index is 1.65. The van der Waals surface area contributed by atoms with Gasteiger partial charge in [-0.1, -0.05) is 11.8 Å². The normalized spacial score (nSPS) is 28.1. The summed E-state index contributed by atoms with van der Waals surface area (Å²) in [6.45, 7) is 7.60. The van der Waals surface area contributed by atoms with E-state index in [1.807, 2.05) is 13.0 Å². The van der Waals surface area contributed by atoms with E-state index >= 15 is 4.39 Å². The summed E-state index contributed by atoms with van der Waals surface area (Å²) in [6, 6.07) is 1.83. The van der Waals surface area contributed by atoms with Gasteiger partial charge in [-0.2, -0.15) is 0 Å². The molecule has 3 aliphatic rings. The van der Waals surface area contributed by atoms with Crippen LogP contribution in [-0.2, 0) is 9.47 Å². The number of amidine groups is 1. The Hall–Kier alpha value is -2.26. The zero-order chi connectivity index (χ0) is 23.1. The molecule has 1 N–H and O–H groups in total. The van der Waals surface area contributed by atoms with E-state index in [9.17, 15) is 9.18 Å². The monoisotopic (exact) mass is 463 g/mol. The predicted molar refractivity (Wildman–Crippen MR) is 120 cm³/mol. The van der Waals surface area contributed by atoms with Crippen LogP contribution in [0.1, 0.15) is 44.7 Å². The molecule has 0 spiro atoms. The largest absolute Gasteiger partial charge is 0.444 e. The van der Waals surface area contributed by atoms with Crippen LogP contribution in [-0.4, -0.2) is 39.9 Å². The van der Waals surface area contributed by atoms with Crippen LogP contribution in [0.25, 0.3) is 5.57 Å². The van der Waals surface area contributed by atoms with Crippen molar-refractivity contribution in [2.45, 2.75) is 51.9 Å². The molecule has 32 heavy (non-hydrogen) atoms. The average molecular weight is 464 g/mol. The van der Waals surface area contributed by atoms with Gasteiger partial charge >= 0.3 is 6.09 Å². The highest BCUT2D eigenvalue weighted by Gasteiger charge is 2.55. The molecule has 3 heterocycles. The first kappa shape index (κ1) is 22.9. The second kappa shape index (κ2) is 8.59. The molecule has 172 valence electrons. The van der Waals surface area contributed by atoms with Gasteiger partial charge in [0.2, 0.25) is 0 Å². The smallest absolute Gasteiger partial charge is 0.413 e. The number of nitrogens with zero attached hydrogens (tertiary/aromatic N) is 2. The number of alkyl carbamates (subject to hydrolysis) is 1. The van der Waals surface area contributed by atoms with Gasteiger partial charge in [0.1, 0.15) is 17.3 Å². The second-order valence-electron chi connectivity index (χ2n) is 9.30. The minimum absolute atomic E-state index is 0.0566. The number of aliphatic imine (C=N–C) groups is 1. The molecule has 9 heteroatoms. The highest BCUT2D eigenvalue weighted by atomic mass is 32.2. The van der Waals surface area contributed by atoms with E-state index in [2.05, 4.69) is 10.3 Å². The number of pyridine rings is 1. The Morgan fingerprint density at radius 1 is 1.34 bits per heavy atom. The molecular weight excluding hydrogens is 436 g/mol. The third-order valence-electron chi connectivity index (χ3n) is 5.71. The molecule has 1 aromatic heterocycles. The van der Waals surface area contributed by atoms with Crippen molar-refractivity contribution in [3.8, 4) is 0 Å². The molecular formula is C23H27F2N3O3S. The Morgan fingerprint density at radius 2 is 2.12 bits per heavy atom. The Labute approximate surface area is 190 Å².